The average molecular weight is 261 g/mol. The molecule has 2 fully saturated rings. The molecular weight excluding hydrogens is 238 g/mol. The van der Waals surface area contributed by atoms with Crippen molar-refractivity contribution in [3.8, 4) is 0 Å². The van der Waals surface area contributed by atoms with Crippen LogP contribution in [0.4, 0.5) is 11.6 Å². The summed E-state index contributed by atoms with van der Waals surface area (Å²) >= 11 is 0. The van der Waals surface area contributed by atoms with Gasteiger partial charge in [0, 0.05) is 32.2 Å². The maximum Gasteiger partial charge on any atom is 0.134 e. The van der Waals surface area contributed by atoms with E-state index < -0.39 is 0 Å². The summed E-state index contributed by atoms with van der Waals surface area (Å²) in [7, 11) is 1.91. The van der Waals surface area contributed by atoms with Crippen molar-refractivity contribution >= 4 is 11.6 Å². The van der Waals surface area contributed by atoms with Gasteiger partial charge in [0.05, 0.1) is 0 Å². The zero-order valence-electron chi connectivity index (χ0n) is 11.9. The first-order valence-corrected chi connectivity index (χ1v) is 7.28. The van der Waals surface area contributed by atoms with Crippen molar-refractivity contribution in [1.82, 2.24) is 14.9 Å². The Kier molecular flexibility index (Phi) is 3.55. The molecule has 5 nitrogen and oxygen atoms in total. The third-order valence-corrected chi connectivity index (χ3v) is 4.22. The molecule has 5 heteroatoms. The number of nitrogens with one attached hydrogen (secondary N) is 1. The molecule has 3 rings (SSSR count). The van der Waals surface area contributed by atoms with Crippen LogP contribution in [-0.2, 0) is 0 Å². The van der Waals surface area contributed by atoms with Crippen LogP contribution >= 0.6 is 0 Å². The summed E-state index contributed by atoms with van der Waals surface area (Å²) in [4.78, 5) is 14.0. The summed E-state index contributed by atoms with van der Waals surface area (Å²) in [6.07, 6.45) is 4.00. The fourth-order valence-corrected chi connectivity index (χ4v) is 3.20. The van der Waals surface area contributed by atoms with E-state index in [2.05, 4.69) is 31.2 Å². The summed E-state index contributed by atoms with van der Waals surface area (Å²) in [5, 5.41) is 3.11. The number of aromatic nitrogens is 2. The number of anilines is 2. The molecule has 0 spiro atoms. The Labute approximate surface area is 115 Å². The number of likely N-dealkylation sites (tertiary alicyclic amines) is 1. The van der Waals surface area contributed by atoms with E-state index >= 15 is 0 Å². The first-order valence-electron chi connectivity index (χ1n) is 7.28. The number of aryl methyl sites for hydroxylation is 1. The molecule has 104 valence electrons. The van der Waals surface area contributed by atoms with E-state index in [1.807, 2.05) is 14.0 Å². The second kappa shape index (κ2) is 5.33. The van der Waals surface area contributed by atoms with E-state index in [0.29, 0.717) is 0 Å². The second-order valence-corrected chi connectivity index (χ2v) is 5.54. The zero-order chi connectivity index (χ0) is 13.2. The second-order valence-electron chi connectivity index (χ2n) is 5.54. The standard InChI is InChI=1S/C14H23N5/c1-11-16-13(15-2)9-14(17-11)19-8-5-12(10-19)18-6-3-4-7-18/h9,12H,3-8,10H2,1-2H3,(H,15,16,17). The van der Waals surface area contributed by atoms with Crippen LogP contribution in [0.5, 0.6) is 0 Å². The molecular formula is C14H23N5. The first-order chi connectivity index (χ1) is 9.26. The van der Waals surface area contributed by atoms with Crippen LogP contribution in [0.1, 0.15) is 25.1 Å². The Bertz CT molecular complexity index is 441. The molecule has 1 unspecified atom stereocenters. The highest BCUT2D eigenvalue weighted by Crippen LogP contribution is 2.25. The molecule has 0 amide bonds. The molecule has 2 aliphatic heterocycles. The van der Waals surface area contributed by atoms with Crippen molar-refractivity contribution in [3.63, 3.8) is 0 Å². The maximum absolute atomic E-state index is 4.58. The maximum atomic E-state index is 4.58. The minimum Gasteiger partial charge on any atom is -0.373 e. The highest BCUT2D eigenvalue weighted by molar-refractivity contribution is 5.50. The van der Waals surface area contributed by atoms with E-state index in [-0.39, 0.29) is 0 Å². The van der Waals surface area contributed by atoms with Crippen molar-refractivity contribution < 1.29 is 0 Å². The molecule has 0 saturated carbocycles. The van der Waals surface area contributed by atoms with E-state index in [1.54, 1.807) is 0 Å². The Morgan fingerprint density at radius 3 is 2.74 bits per heavy atom. The summed E-state index contributed by atoms with van der Waals surface area (Å²) in [6.45, 7) is 6.74. The van der Waals surface area contributed by atoms with Crippen molar-refractivity contribution in [1.29, 1.82) is 0 Å². The van der Waals surface area contributed by atoms with Crippen LogP contribution in [0, 0.1) is 6.92 Å². The molecule has 0 aliphatic carbocycles. The van der Waals surface area contributed by atoms with Gasteiger partial charge in [-0.25, -0.2) is 9.97 Å². The summed E-state index contributed by atoms with van der Waals surface area (Å²) < 4.78 is 0. The van der Waals surface area contributed by atoms with Gasteiger partial charge in [-0.3, -0.25) is 4.90 Å². The van der Waals surface area contributed by atoms with Crippen molar-refractivity contribution in [3.05, 3.63) is 11.9 Å². The minimum atomic E-state index is 0.718. The molecule has 1 N–H and O–H groups in total. The van der Waals surface area contributed by atoms with E-state index in [1.165, 1.54) is 32.4 Å². The number of hydrogen-bond donors (Lipinski definition) is 1. The van der Waals surface area contributed by atoms with Crippen molar-refractivity contribution in [2.75, 3.05) is 43.4 Å². The molecule has 1 aromatic heterocycles. The highest BCUT2D eigenvalue weighted by atomic mass is 15.3. The van der Waals surface area contributed by atoms with Crippen LogP contribution in [0.2, 0.25) is 0 Å². The van der Waals surface area contributed by atoms with Gasteiger partial charge < -0.3 is 10.2 Å². The fourth-order valence-electron chi connectivity index (χ4n) is 3.20. The van der Waals surface area contributed by atoms with Crippen LogP contribution in [0.15, 0.2) is 6.07 Å². The summed E-state index contributed by atoms with van der Waals surface area (Å²) in [5.41, 5.74) is 0. The highest BCUT2D eigenvalue weighted by Gasteiger charge is 2.30. The van der Waals surface area contributed by atoms with Crippen molar-refractivity contribution in [2.24, 2.45) is 0 Å². The predicted molar refractivity (Wildman–Crippen MR) is 77.7 cm³/mol. The molecule has 19 heavy (non-hydrogen) atoms. The van der Waals surface area contributed by atoms with Gasteiger partial charge in [0.1, 0.15) is 17.5 Å². The quantitative estimate of drug-likeness (QED) is 0.893. The minimum absolute atomic E-state index is 0.718. The number of hydrogen-bond acceptors (Lipinski definition) is 5. The smallest absolute Gasteiger partial charge is 0.134 e. The van der Waals surface area contributed by atoms with Crippen molar-refractivity contribution in [2.45, 2.75) is 32.2 Å². The van der Waals surface area contributed by atoms with Gasteiger partial charge in [-0.1, -0.05) is 0 Å². The third-order valence-electron chi connectivity index (χ3n) is 4.22. The van der Waals surface area contributed by atoms with E-state index in [9.17, 15) is 0 Å². The first kappa shape index (κ1) is 12.7. The molecule has 1 atom stereocenters. The zero-order valence-corrected chi connectivity index (χ0v) is 11.9. The lowest BCUT2D eigenvalue weighted by atomic mass is 10.2. The lowest BCUT2D eigenvalue weighted by Gasteiger charge is -2.24. The SMILES string of the molecule is CNc1cc(N2CCC(N3CCCC3)C2)nc(C)n1. The Morgan fingerprint density at radius 2 is 2.00 bits per heavy atom. The largest absolute Gasteiger partial charge is 0.373 e. The van der Waals surface area contributed by atoms with Crippen LogP contribution in [0.25, 0.3) is 0 Å². The third kappa shape index (κ3) is 2.66. The van der Waals surface area contributed by atoms with Gasteiger partial charge in [-0.05, 0) is 39.3 Å². The fraction of sp³-hybridized carbons (Fsp3) is 0.714. The molecule has 2 aliphatic rings. The van der Waals surface area contributed by atoms with Crippen LogP contribution in [0.3, 0.4) is 0 Å². The molecule has 3 heterocycles. The van der Waals surface area contributed by atoms with Gasteiger partial charge in [-0.15, -0.1) is 0 Å². The number of nitrogens with zero attached hydrogens (tertiary/aromatic N) is 4. The lowest BCUT2D eigenvalue weighted by Crippen LogP contribution is -2.35. The van der Waals surface area contributed by atoms with Gasteiger partial charge in [-0.2, -0.15) is 0 Å². The normalized spacial score (nSPS) is 24.1. The van der Waals surface area contributed by atoms with Gasteiger partial charge in [0.25, 0.3) is 0 Å². The van der Waals surface area contributed by atoms with E-state index in [0.717, 1.165) is 36.6 Å². The monoisotopic (exact) mass is 261 g/mol. The molecule has 2 saturated heterocycles. The molecule has 0 bridgehead atoms. The lowest BCUT2D eigenvalue weighted by molar-refractivity contribution is 0.260. The molecule has 0 aromatic carbocycles. The molecule has 0 radical (unpaired) electrons. The van der Waals surface area contributed by atoms with Gasteiger partial charge in [0.15, 0.2) is 0 Å². The summed E-state index contributed by atoms with van der Waals surface area (Å²) in [5.74, 6) is 2.82. The Balaban J connectivity index is 1.71. The van der Waals surface area contributed by atoms with Gasteiger partial charge >= 0.3 is 0 Å². The van der Waals surface area contributed by atoms with Crippen LogP contribution < -0.4 is 10.2 Å². The van der Waals surface area contributed by atoms with E-state index in [4.69, 9.17) is 0 Å². The Hall–Kier alpha value is -1.36. The number of rotatable bonds is 3. The topological polar surface area (TPSA) is 44.3 Å². The Morgan fingerprint density at radius 1 is 1.21 bits per heavy atom. The van der Waals surface area contributed by atoms with Gasteiger partial charge in [0.2, 0.25) is 0 Å². The predicted octanol–water partition coefficient (Wildman–Crippen LogP) is 1.50. The average Bonchev–Trinajstić information content (AvgIpc) is 3.08. The van der Waals surface area contributed by atoms with Crippen LogP contribution in [-0.4, -0.2) is 54.1 Å². The summed E-state index contributed by atoms with van der Waals surface area (Å²) in [6, 6.07) is 2.77. The molecule has 1 aromatic rings.